The Morgan fingerprint density at radius 3 is 2.57 bits per heavy atom. The monoisotopic (exact) mass is 409 g/mol. The predicted molar refractivity (Wildman–Crippen MR) is 51.5 cm³/mol. The van der Waals surface area contributed by atoms with E-state index in [1.54, 1.807) is 0 Å². The standard InChI is InChI=1S/C11H9NO.U/c1-10(13)9-12-8-7-11-5-3-2-4-6-11;/h2-6,8H,1H3;/q-2;+2. The maximum atomic E-state index is 10.4. The molecule has 2 nitrogen and oxygen atoms in total. The van der Waals surface area contributed by atoms with Crippen molar-refractivity contribution >= 4 is 12.0 Å². The van der Waals surface area contributed by atoms with Crippen molar-refractivity contribution in [2.45, 2.75) is 6.92 Å². The van der Waals surface area contributed by atoms with Crippen molar-refractivity contribution in [3.8, 4) is 0 Å². The molecule has 1 aromatic carbocycles. The van der Waals surface area contributed by atoms with E-state index < -0.39 is 0 Å². The first-order valence-electron chi connectivity index (χ1n) is 3.89. The van der Waals surface area contributed by atoms with Gasteiger partial charge in [-0.3, -0.25) is 6.08 Å². The first-order valence-corrected chi connectivity index (χ1v) is 3.89. The van der Waals surface area contributed by atoms with Crippen LogP contribution in [0.15, 0.2) is 41.5 Å². The summed E-state index contributed by atoms with van der Waals surface area (Å²) in [7, 11) is 0. The van der Waals surface area contributed by atoms with E-state index in [9.17, 15) is 4.79 Å². The van der Waals surface area contributed by atoms with Crippen LogP contribution in [0.5, 0.6) is 0 Å². The van der Waals surface area contributed by atoms with E-state index in [0.717, 1.165) is 5.56 Å². The minimum absolute atomic E-state index is 0. The third-order valence-electron chi connectivity index (χ3n) is 1.29. The third kappa shape index (κ3) is 5.91. The number of hydrogen-bond donors (Lipinski definition) is 0. The van der Waals surface area contributed by atoms with Gasteiger partial charge >= 0.3 is 31.1 Å². The molecule has 0 aromatic heterocycles. The molecule has 0 unspecified atom stereocenters. The van der Waals surface area contributed by atoms with Gasteiger partial charge in [-0.25, -0.2) is 5.56 Å². The molecule has 0 aliphatic carbocycles. The summed E-state index contributed by atoms with van der Waals surface area (Å²) in [4.78, 5) is 14.0. The summed E-state index contributed by atoms with van der Waals surface area (Å²) in [6.45, 7) is 1.40. The van der Waals surface area contributed by atoms with Crippen LogP contribution in [-0.4, -0.2) is 12.0 Å². The number of ketones is 1. The van der Waals surface area contributed by atoms with Crippen molar-refractivity contribution in [3.63, 3.8) is 0 Å². The van der Waals surface area contributed by atoms with Crippen LogP contribution in [0.3, 0.4) is 0 Å². The maximum Gasteiger partial charge on any atom is 2.00 e. The number of aliphatic imine (C=N–C) groups is 1. The first kappa shape index (κ1) is 13.4. The van der Waals surface area contributed by atoms with E-state index in [2.05, 4.69) is 17.3 Å². The molecule has 0 bridgehead atoms. The van der Waals surface area contributed by atoms with E-state index in [-0.39, 0.29) is 36.9 Å². The van der Waals surface area contributed by atoms with Crippen LogP contribution in [0.25, 0.3) is 0 Å². The molecule has 0 amide bonds. The summed E-state index contributed by atoms with van der Waals surface area (Å²) in [5.41, 5.74) is 0.927. The van der Waals surface area contributed by atoms with Gasteiger partial charge in [-0.15, -0.1) is 18.3 Å². The van der Waals surface area contributed by atoms with Gasteiger partial charge in [0.25, 0.3) is 0 Å². The average Bonchev–Trinajstić information content (AvgIpc) is 2.14. The van der Waals surface area contributed by atoms with E-state index >= 15 is 0 Å². The number of Topliss-reactive ketones (excluding diaryl/α,β-unsaturated/α-hetero) is 1. The summed E-state index contributed by atoms with van der Waals surface area (Å²) < 4.78 is 0. The van der Waals surface area contributed by atoms with Crippen molar-refractivity contribution in [2.24, 2.45) is 4.99 Å². The molecule has 0 saturated carbocycles. The molecular weight excluding hydrogens is 400 g/mol. The molecular formula is C11H9NOU. The van der Waals surface area contributed by atoms with Gasteiger partial charge in [0.1, 0.15) is 0 Å². The molecule has 14 heavy (non-hydrogen) atoms. The van der Waals surface area contributed by atoms with Gasteiger partial charge in [0.2, 0.25) is 0 Å². The fourth-order valence-electron chi connectivity index (χ4n) is 0.764. The van der Waals surface area contributed by atoms with E-state index in [0.29, 0.717) is 0 Å². The SMILES string of the molecule is CC(=O)[C-]=NC=[C-]c1ccccc1.[U+2]. The summed E-state index contributed by atoms with van der Waals surface area (Å²) in [6.07, 6.45) is 6.60. The van der Waals surface area contributed by atoms with Crippen molar-refractivity contribution in [3.05, 3.63) is 48.2 Å². The van der Waals surface area contributed by atoms with Crippen LogP contribution < -0.4 is 0 Å². The van der Waals surface area contributed by atoms with Crippen LogP contribution in [-0.2, 0) is 4.79 Å². The van der Waals surface area contributed by atoms with Gasteiger partial charge in [0, 0.05) is 0 Å². The average molecular weight is 409 g/mol. The maximum absolute atomic E-state index is 10.4. The van der Waals surface area contributed by atoms with Crippen molar-refractivity contribution in [2.75, 3.05) is 0 Å². The van der Waals surface area contributed by atoms with E-state index in [4.69, 9.17) is 0 Å². The summed E-state index contributed by atoms with van der Waals surface area (Å²) in [5.74, 6) is -0.189. The fourth-order valence-corrected chi connectivity index (χ4v) is 0.764. The number of carbonyl (C=O) groups is 1. The molecule has 0 atom stereocenters. The molecule has 0 saturated heterocycles. The second kappa shape index (κ2) is 7.73. The fraction of sp³-hybridized carbons (Fsp3) is 0.0909. The number of hydrogen-bond acceptors (Lipinski definition) is 2. The molecule has 1 aromatic rings. The van der Waals surface area contributed by atoms with E-state index in [1.807, 2.05) is 30.3 Å². The van der Waals surface area contributed by atoms with Crippen molar-refractivity contribution in [1.82, 2.24) is 0 Å². The molecule has 68 valence electrons. The second-order valence-electron chi connectivity index (χ2n) is 2.44. The van der Waals surface area contributed by atoms with Gasteiger partial charge in [-0.2, -0.15) is 18.3 Å². The molecule has 3 heteroatoms. The minimum atomic E-state index is -0.189. The molecule has 0 radical (unpaired) electrons. The normalized spacial score (nSPS) is 10.4. The van der Waals surface area contributed by atoms with Gasteiger partial charge in [0.05, 0.1) is 5.78 Å². The number of nitrogens with zero attached hydrogens (tertiary/aromatic N) is 1. The zero-order chi connectivity index (χ0) is 9.52. The second-order valence-corrected chi connectivity index (χ2v) is 2.44. The van der Waals surface area contributed by atoms with E-state index in [1.165, 1.54) is 13.1 Å². The summed E-state index contributed by atoms with van der Waals surface area (Å²) in [6, 6.07) is 9.55. The Hall–Kier alpha value is -0.648. The van der Waals surface area contributed by atoms with Gasteiger partial charge in [-0.1, -0.05) is 6.07 Å². The van der Waals surface area contributed by atoms with Crippen LogP contribution in [0.1, 0.15) is 12.5 Å². The Bertz CT molecular complexity index is 330. The molecule has 0 heterocycles. The summed E-state index contributed by atoms with van der Waals surface area (Å²) in [5, 5.41) is 0. The predicted octanol–water partition coefficient (Wildman–Crippen LogP) is 1.89. The zero-order valence-electron chi connectivity index (χ0n) is 7.82. The Labute approximate surface area is 108 Å². The Kier molecular flexibility index (Phi) is 7.37. The number of rotatable bonds is 3. The molecule has 1 rings (SSSR count). The van der Waals surface area contributed by atoms with Crippen LogP contribution in [0.4, 0.5) is 0 Å². The molecule has 0 aliphatic heterocycles. The Morgan fingerprint density at radius 1 is 1.36 bits per heavy atom. The summed E-state index contributed by atoms with van der Waals surface area (Å²) >= 11 is 0. The first-order chi connectivity index (χ1) is 6.29. The number of benzene rings is 1. The molecule has 0 N–H and O–H groups in total. The van der Waals surface area contributed by atoms with Crippen LogP contribution in [0.2, 0.25) is 0 Å². The van der Waals surface area contributed by atoms with Gasteiger partial charge < -0.3 is 9.79 Å². The number of carbonyl (C=O) groups excluding carboxylic acids is 1. The molecule has 0 fully saturated rings. The Balaban J connectivity index is 0.00000169. The van der Waals surface area contributed by atoms with Gasteiger partial charge in [-0.05, 0) is 6.92 Å². The topological polar surface area (TPSA) is 29.4 Å². The quantitative estimate of drug-likeness (QED) is 0.554. The smallest absolute Gasteiger partial charge is 0.469 e. The Morgan fingerprint density at radius 2 is 2.00 bits per heavy atom. The molecule has 0 aliphatic rings. The van der Waals surface area contributed by atoms with Crippen LogP contribution >= 0.6 is 0 Å². The van der Waals surface area contributed by atoms with Crippen molar-refractivity contribution < 1.29 is 35.9 Å². The van der Waals surface area contributed by atoms with Gasteiger partial charge in [0.15, 0.2) is 0 Å². The minimum Gasteiger partial charge on any atom is -0.469 e. The van der Waals surface area contributed by atoms with Crippen molar-refractivity contribution in [1.29, 1.82) is 0 Å². The molecule has 0 spiro atoms. The zero-order valence-corrected chi connectivity index (χ0v) is 12.0. The third-order valence-corrected chi connectivity index (χ3v) is 1.29. The van der Waals surface area contributed by atoms with Crippen LogP contribution in [0, 0.1) is 37.2 Å². The largest absolute Gasteiger partial charge is 2.00 e.